The van der Waals surface area contributed by atoms with Gasteiger partial charge in [-0.05, 0) is 37.3 Å². The quantitative estimate of drug-likeness (QED) is 0.635. The molecule has 0 bridgehead atoms. The summed E-state index contributed by atoms with van der Waals surface area (Å²) in [6, 6.07) is 9.09. The minimum atomic E-state index is -0.494. The van der Waals surface area contributed by atoms with E-state index in [-0.39, 0.29) is 18.0 Å². The number of rotatable bonds is 6. The van der Waals surface area contributed by atoms with Crippen LogP contribution in [0.2, 0.25) is 0 Å². The molecule has 3 aromatic rings. The van der Waals surface area contributed by atoms with Crippen molar-refractivity contribution in [2.75, 3.05) is 23.3 Å². The van der Waals surface area contributed by atoms with Crippen LogP contribution in [-0.4, -0.2) is 33.1 Å². The Morgan fingerprint density at radius 1 is 1.16 bits per heavy atom. The zero-order chi connectivity index (χ0) is 22.0. The van der Waals surface area contributed by atoms with Gasteiger partial charge < -0.3 is 10.2 Å². The topological polar surface area (TPSA) is 89.2 Å². The van der Waals surface area contributed by atoms with Crippen molar-refractivity contribution in [2.45, 2.75) is 46.2 Å². The average Bonchev–Trinajstić information content (AvgIpc) is 3.21. The molecule has 164 valence electrons. The second-order valence-corrected chi connectivity index (χ2v) is 9.04. The Morgan fingerprint density at radius 3 is 2.55 bits per heavy atom. The van der Waals surface area contributed by atoms with E-state index >= 15 is 0 Å². The Balaban J connectivity index is 1.74. The molecule has 1 aliphatic heterocycles. The van der Waals surface area contributed by atoms with Crippen molar-refractivity contribution in [1.29, 1.82) is 0 Å². The summed E-state index contributed by atoms with van der Waals surface area (Å²) < 4.78 is 2.98. The number of carbonyl (C=O) groups is 1. The number of hydrogen-bond donors (Lipinski definition) is 1. The summed E-state index contributed by atoms with van der Waals surface area (Å²) in [5.74, 6) is 0.338. The fourth-order valence-electron chi connectivity index (χ4n) is 3.83. The van der Waals surface area contributed by atoms with E-state index in [9.17, 15) is 14.4 Å². The lowest BCUT2D eigenvalue weighted by Gasteiger charge is -2.29. The molecule has 1 amide bonds. The Hall–Kier alpha value is -2.94. The Morgan fingerprint density at radius 2 is 1.87 bits per heavy atom. The van der Waals surface area contributed by atoms with Gasteiger partial charge >= 0.3 is 5.69 Å². The number of para-hydroxylation sites is 1. The first-order valence-corrected chi connectivity index (χ1v) is 11.5. The molecule has 1 saturated heterocycles. The van der Waals surface area contributed by atoms with Crippen LogP contribution in [0.1, 0.15) is 33.1 Å². The van der Waals surface area contributed by atoms with E-state index in [4.69, 9.17) is 0 Å². The smallest absolute Gasteiger partial charge is 0.333 e. The lowest BCUT2D eigenvalue weighted by atomic mass is 10.00. The van der Waals surface area contributed by atoms with Crippen molar-refractivity contribution < 1.29 is 4.79 Å². The van der Waals surface area contributed by atoms with Crippen LogP contribution in [0.3, 0.4) is 0 Å². The van der Waals surface area contributed by atoms with E-state index in [0.29, 0.717) is 34.9 Å². The van der Waals surface area contributed by atoms with Crippen LogP contribution >= 0.6 is 11.3 Å². The third-order valence-corrected chi connectivity index (χ3v) is 6.71. The normalized spacial score (nSPS) is 14.8. The highest BCUT2D eigenvalue weighted by Gasteiger charge is 2.23. The van der Waals surface area contributed by atoms with Crippen molar-refractivity contribution >= 4 is 38.4 Å². The van der Waals surface area contributed by atoms with Gasteiger partial charge in [-0.15, -0.1) is 0 Å². The molecule has 1 fully saturated rings. The summed E-state index contributed by atoms with van der Waals surface area (Å²) in [6.07, 6.45) is 2.79. The fraction of sp³-hybridized carbons (Fsp3) is 0.455. The number of thiazole rings is 1. The molecule has 0 radical (unpaired) electrons. The molecular formula is C22H27N5O3S. The van der Waals surface area contributed by atoms with Crippen LogP contribution in [0.25, 0.3) is 10.3 Å². The summed E-state index contributed by atoms with van der Waals surface area (Å²) in [5, 5.41) is 3.54. The summed E-state index contributed by atoms with van der Waals surface area (Å²) >= 11 is 1.32. The molecular weight excluding hydrogens is 414 g/mol. The molecule has 8 nitrogen and oxygen atoms in total. The maximum atomic E-state index is 13.1. The number of aromatic nitrogens is 3. The minimum Gasteiger partial charge on any atom is -0.348 e. The largest absolute Gasteiger partial charge is 0.348 e. The molecule has 0 atom stereocenters. The Kier molecular flexibility index (Phi) is 6.22. The maximum Gasteiger partial charge on any atom is 0.333 e. The number of fused-ring (bicyclic) bond motifs is 1. The van der Waals surface area contributed by atoms with Gasteiger partial charge in [-0.2, -0.15) is 0 Å². The summed E-state index contributed by atoms with van der Waals surface area (Å²) in [5.41, 5.74) is 0.131. The minimum absolute atomic E-state index is 0.200. The number of benzene rings is 1. The van der Waals surface area contributed by atoms with Gasteiger partial charge in [0.25, 0.3) is 5.56 Å². The summed E-state index contributed by atoms with van der Waals surface area (Å²) in [7, 11) is 0. The van der Waals surface area contributed by atoms with Crippen molar-refractivity contribution in [3.8, 4) is 0 Å². The van der Waals surface area contributed by atoms with Gasteiger partial charge in [0.05, 0.1) is 0 Å². The van der Waals surface area contributed by atoms with Crippen LogP contribution in [0.4, 0.5) is 10.8 Å². The molecule has 1 aromatic carbocycles. The average molecular weight is 442 g/mol. The number of hydrogen-bond acceptors (Lipinski definition) is 6. The highest BCUT2D eigenvalue weighted by molar-refractivity contribution is 7.22. The van der Waals surface area contributed by atoms with Gasteiger partial charge in [-0.3, -0.25) is 18.7 Å². The third-order valence-electron chi connectivity index (χ3n) is 5.62. The zero-order valence-corrected chi connectivity index (χ0v) is 18.7. The summed E-state index contributed by atoms with van der Waals surface area (Å²) in [4.78, 5) is 45.6. The first-order chi connectivity index (χ1) is 15.0. The van der Waals surface area contributed by atoms with Crippen LogP contribution in [0.5, 0.6) is 0 Å². The number of nitrogens with zero attached hydrogens (tertiary/aromatic N) is 4. The van der Waals surface area contributed by atoms with Crippen LogP contribution in [0, 0.1) is 5.92 Å². The molecule has 0 aliphatic carbocycles. The first kappa shape index (κ1) is 21.3. The number of amides is 1. The van der Waals surface area contributed by atoms with Crippen molar-refractivity contribution in [2.24, 2.45) is 5.92 Å². The maximum absolute atomic E-state index is 13.1. The van der Waals surface area contributed by atoms with E-state index in [1.54, 1.807) is 12.1 Å². The molecule has 3 heterocycles. The van der Waals surface area contributed by atoms with Gasteiger partial charge in [0.15, 0.2) is 10.8 Å². The van der Waals surface area contributed by atoms with Crippen molar-refractivity contribution in [1.82, 2.24) is 14.1 Å². The van der Waals surface area contributed by atoms with Gasteiger partial charge in [0, 0.05) is 25.3 Å². The molecule has 9 heteroatoms. The molecule has 0 saturated carbocycles. The van der Waals surface area contributed by atoms with Crippen LogP contribution in [-0.2, 0) is 17.9 Å². The van der Waals surface area contributed by atoms with Gasteiger partial charge in [-0.25, -0.2) is 9.78 Å². The fourth-order valence-corrected chi connectivity index (χ4v) is 4.90. The lowest BCUT2D eigenvalue weighted by molar-refractivity contribution is -0.116. The standard InChI is InChI=1S/C22H27N5O3S/c1-3-11-26-20(29)18-19(24-21(31-18)25-12-9-15(2)10-13-25)27(22(26)30)14-17(28)23-16-7-5-4-6-8-16/h4-8,15H,3,9-14H2,1-2H3,(H,23,28). The second-order valence-electron chi connectivity index (χ2n) is 8.06. The Labute approximate surface area is 184 Å². The van der Waals surface area contributed by atoms with E-state index in [2.05, 4.69) is 22.1 Å². The molecule has 0 unspecified atom stereocenters. The molecule has 4 rings (SSSR count). The summed E-state index contributed by atoms with van der Waals surface area (Å²) in [6.45, 7) is 6.01. The second kappa shape index (κ2) is 9.05. The van der Waals surface area contributed by atoms with Crippen LogP contribution < -0.4 is 21.5 Å². The zero-order valence-electron chi connectivity index (χ0n) is 17.8. The van der Waals surface area contributed by atoms with Gasteiger partial charge in [0.2, 0.25) is 5.91 Å². The first-order valence-electron chi connectivity index (χ1n) is 10.7. The molecule has 1 aliphatic rings. The molecule has 31 heavy (non-hydrogen) atoms. The Bertz CT molecular complexity index is 1190. The number of carbonyl (C=O) groups excluding carboxylic acids is 1. The highest BCUT2D eigenvalue weighted by Crippen LogP contribution is 2.29. The van der Waals surface area contributed by atoms with Crippen molar-refractivity contribution in [3.63, 3.8) is 0 Å². The molecule has 1 N–H and O–H groups in total. The van der Waals surface area contributed by atoms with E-state index in [0.717, 1.165) is 31.1 Å². The lowest BCUT2D eigenvalue weighted by Crippen LogP contribution is -2.41. The monoisotopic (exact) mass is 441 g/mol. The number of piperidine rings is 1. The van der Waals surface area contributed by atoms with Crippen LogP contribution in [0.15, 0.2) is 39.9 Å². The predicted molar refractivity (Wildman–Crippen MR) is 124 cm³/mol. The number of nitrogens with one attached hydrogen (secondary N) is 1. The van der Waals surface area contributed by atoms with E-state index in [1.807, 2.05) is 25.1 Å². The highest BCUT2D eigenvalue weighted by atomic mass is 32.1. The molecule has 2 aromatic heterocycles. The third kappa shape index (κ3) is 4.41. The van der Waals surface area contributed by atoms with Gasteiger partial charge in [-0.1, -0.05) is 43.4 Å². The molecule has 0 spiro atoms. The van der Waals surface area contributed by atoms with E-state index < -0.39 is 5.69 Å². The number of anilines is 2. The van der Waals surface area contributed by atoms with Gasteiger partial charge in [0.1, 0.15) is 11.2 Å². The van der Waals surface area contributed by atoms with Crippen molar-refractivity contribution in [3.05, 3.63) is 51.2 Å². The van der Waals surface area contributed by atoms with E-state index in [1.165, 1.54) is 20.5 Å². The predicted octanol–water partition coefficient (Wildman–Crippen LogP) is 2.90. The SMILES string of the molecule is CCCn1c(=O)c2sc(N3CCC(C)CC3)nc2n(CC(=O)Nc2ccccc2)c1=O.